The van der Waals surface area contributed by atoms with Crippen LogP contribution in [-0.4, -0.2) is 23.4 Å². The van der Waals surface area contributed by atoms with E-state index in [0.29, 0.717) is 34.3 Å². The number of amides is 2. The van der Waals surface area contributed by atoms with Crippen LogP contribution in [0.25, 0.3) is 22.2 Å². The number of primary amides is 1. The SMILES string of the molecule is CCOc1ccc(-c2cc(C(=O)Nc3sc4c(c3C(N)=O)CC[C@@H](CC)C4)c3cc(C)ccc3n2)cc1. The van der Waals surface area contributed by atoms with Gasteiger partial charge in [-0.15, -0.1) is 11.3 Å². The van der Waals surface area contributed by atoms with Crippen molar-refractivity contribution in [1.29, 1.82) is 0 Å². The van der Waals surface area contributed by atoms with Crippen LogP contribution in [0.2, 0.25) is 0 Å². The molecule has 0 spiro atoms. The summed E-state index contributed by atoms with van der Waals surface area (Å²) in [5, 5.41) is 4.35. The molecule has 1 atom stereocenters. The van der Waals surface area contributed by atoms with Crippen molar-refractivity contribution in [3.8, 4) is 17.0 Å². The van der Waals surface area contributed by atoms with Crippen LogP contribution in [-0.2, 0) is 12.8 Å². The average Bonchev–Trinajstić information content (AvgIpc) is 3.25. The summed E-state index contributed by atoms with van der Waals surface area (Å²) in [7, 11) is 0. The van der Waals surface area contributed by atoms with Gasteiger partial charge in [0.05, 0.1) is 28.9 Å². The van der Waals surface area contributed by atoms with Gasteiger partial charge in [-0.05, 0) is 87.1 Å². The number of nitrogens with zero attached hydrogens (tertiary/aromatic N) is 1. The van der Waals surface area contributed by atoms with Gasteiger partial charge >= 0.3 is 0 Å². The molecular weight excluding hydrogens is 482 g/mol. The molecule has 0 fully saturated rings. The summed E-state index contributed by atoms with van der Waals surface area (Å²) in [5.41, 5.74) is 11.1. The van der Waals surface area contributed by atoms with Crippen molar-refractivity contribution < 1.29 is 14.3 Å². The second kappa shape index (κ2) is 10.3. The van der Waals surface area contributed by atoms with Crippen molar-refractivity contribution in [3.63, 3.8) is 0 Å². The standard InChI is InChI=1S/C30H31N3O3S/c1-4-18-7-12-21-26(15-18)37-30(27(21)28(31)34)33-29(35)23-16-25(19-8-10-20(11-9-19)36-5-2)32-24-13-6-17(3)14-22(23)24/h6,8-11,13-14,16,18H,4-5,7,12,15H2,1-3H3,(H2,31,34)(H,33,35)/t18-/m1/s1. The number of carbonyl (C=O) groups excluding carboxylic acids is 2. The van der Waals surface area contributed by atoms with Gasteiger partial charge in [0.1, 0.15) is 10.8 Å². The molecule has 0 radical (unpaired) electrons. The molecule has 5 rings (SSSR count). The second-order valence-electron chi connectivity index (χ2n) is 9.58. The van der Waals surface area contributed by atoms with E-state index in [4.69, 9.17) is 15.5 Å². The van der Waals surface area contributed by atoms with Crippen LogP contribution in [0, 0.1) is 12.8 Å². The molecule has 4 aromatic rings. The van der Waals surface area contributed by atoms with E-state index in [9.17, 15) is 9.59 Å². The van der Waals surface area contributed by atoms with Crippen LogP contribution < -0.4 is 15.8 Å². The van der Waals surface area contributed by atoms with Gasteiger partial charge in [-0.2, -0.15) is 0 Å². The molecule has 6 nitrogen and oxygen atoms in total. The van der Waals surface area contributed by atoms with Gasteiger partial charge in [-0.1, -0.05) is 25.0 Å². The number of ether oxygens (including phenoxy) is 1. The van der Waals surface area contributed by atoms with Crippen LogP contribution >= 0.6 is 11.3 Å². The van der Waals surface area contributed by atoms with Crippen molar-refractivity contribution in [2.45, 2.75) is 46.5 Å². The minimum atomic E-state index is -0.492. The Hall–Kier alpha value is -3.71. The number of rotatable bonds is 7. The van der Waals surface area contributed by atoms with Gasteiger partial charge in [0.15, 0.2) is 0 Å². The van der Waals surface area contributed by atoms with Crippen molar-refractivity contribution >= 4 is 39.1 Å². The van der Waals surface area contributed by atoms with Crippen LogP contribution in [0.3, 0.4) is 0 Å². The molecule has 2 aromatic heterocycles. The Morgan fingerprint density at radius 2 is 1.92 bits per heavy atom. The number of aromatic nitrogens is 1. The lowest BCUT2D eigenvalue weighted by Gasteiger charge is -2.20. The first kappa shape index (κ1) is 25.0. The van der Waals surface area contributed by atoms with E-state index in [-0.39, 0.29) is 5.91 Å². The fraction of sp³-hybridized carbons (Fsp3) is 0.300. The Morgan fingerprint density at radius 3 is 2.62 bits per heavy atom. The highest BCUT2D eigenvalue weighted by Gasteiger charge is 2.28. The molecule has 1 aliphatic rings. The molecule has 1 aliphatic carbocycles. The fourth-order valence-corrected chi connectivity index (χ4v) is 6.45. The molecular formula is C30H31N3O3S. The Morgan fingerprint density at radius 1 is 1.14 bits per heavy atom. The van der Waals surface area contributed by atoms with E-state index in [1.54, 1.807) is 0 Å². The lowest BCUT2D eigenvalue weighted by atomic mass is 9.85. The summed E-state index contributed by atoms with van der Waals surface area (Å²) in [4.78, 5) is 32.2. The molecule has 0 bridgehead atoms. The minimum Gasteiger partial charge on any atom is -0.494 e. The number of benzene rings is 2. The van der Waals surface area contributed by atoms with Gasteiger partial charge in [-0.3, -0.25) is 9.59 Å². The number of hydrogen-bond donors (Lipinski definition) is 2. The predicted octanol–water partition coefficient (Wildman–Crippen LogP) is 6.54. The quantitative estimate of drug-likeness (QED) is 0.293. The maximum absolute atomic E-state index is 13.8. The van der Waals surface area contributed by atoms with E-state index >= 15 is 0 Å². The summed E-state index contributed by atoms with van der Waals surface area (Å²) in [6.07, 6.45) is 3.87. The number of nitrogens with two attached hydrogens (primary N) is 1. The molecule has 0 saturated heterocycles. The predicted molar refractivity (Wildman–Crippen MR) is 150 cm³/mol. The Kier molecular flexibility index (Phi) is 6.98. The van der Waals surface area contributed by atoms with E-state index in [1.165, 1.54) is 11.3 Å². The van der Waals surface area contributed by atoms with E-state index in [1.807, 2.05) is 62.4 Å². The summed E-state index contributed by atoms with van der Waals surface area (Å²) in [6, 6.07) is 15.4. The lowest BCUT2D eigenvalue weighted by Crippen LogP contribution is -2.20. The number of thiophene rings is 1. The third-order valence-corrected chi connectivity index (χ3v) is 8.26. The van der Waals surface area contributed by atoms with Crippen molar-refractivity contribution in [2.24, 2.45) is 11.7 Å². The average molecular weight is 514 g/mol. The van der Waals surface area contributed by atoms with Crippen molar-refractivity contribution in [3.05, 3.63) is 75.7 Å². The molecule has 2 amide bonds. The minimum absolute atomic E-state index is 0.279. The third-order valence-electron chi connectivity index (χ3n) is 7.09. The molecule has 0 unspecified atom stereocenters. The van der Waals surface area contributed by atoms with E-state index < -0.39 is 5.91 Å². The van der Waals surface area contributed by atoms with E-state index in [0.717, 1.165) is 63.9 Å². The monoisotopic (exact) mass is 513 g/mol. The first-order valence-corrected chi connectivity index (χ1v) is 13.6. The second-order valence-corrected chi connectivity index (χ2v) is 10.7. The number of hydrogen-bond acceptors (Lipinski definition) is 5. The zero-order valence-corrected chi connectivity index (χ0v) is 22.2. The molecule has 0 saturated carbocycles. The largest absolute Gasteiger partial charge is 0.494 e. The molecule has 37 heavy (non-hydrogen) atoms. The highest BCUT2D eigenvalue weighted by Crippen LogP contribution is 2.40. The molecule has 7 heteroatoms. The summed E-state index contributed by atoms with van der Waals surface area (Å²) < 4.78 is 5.57. The molecule has 3 N–H and O–H groups in total. The van der Waals surface area contributed by atoms with Gasteiger partial charge in [-0.25, -0.2) is 4.98 Å². The molecule has 2 aromatic carbocycles. The first-order chi connectivity index (χ1) is 17.9. The molecule has 0 aliphatic heterocycles. The Labute approximate surface area is 220 Å². The van der Waals surface area contributed by atoms with Crippen LogP contribution in [0.5, 0.6) is 5.75 Å². The van der Waals surface area contributed by atoms with Crippen LogP contribution in [0.15, 0.2) is 48.5 Å². The van der Waals surface area contributed by atoms with Crippen LogP contribution in [0.1, 0.15) is 63.4 Å². The van der Waals surface area contributed by atoms with Crippen molar-refractivity contribution in [1.82, 2.24) is 4.98 Å². The smallest absolute Gasteiger partial charge is 0.257 e. The third kappa shape index (κ3) is 4.96. The number of nitrogens with one attached hydrogen (secondary N) is 1. The maximum atomic E-state index is 13.8. The van der Waals surface area contributed by atoms with E-state index in [2.05, 4.69) is 12.2 Å². The molecule has 2 heterocycles. The lowest BCUT2D eigenvalue weighted by molar-refractivity contribution is 0.1000. The number of anilines is 1. The fourth-order valence-electron chi connectivity index (χ4n) is 5.09. The first-order valence-electron chi connectivity index (χ1n) is 12.8. The maximum Gasteiger partial charge on any atom is 0.257 e. The highest BCUT2D eigenvalue weighted by atomic mass is 32.1. The number of carbonyl (C=O) groups is 2. The Balaban J connectivity index is 1.56. The topological polar surface area (TPSA) is 94.3 Å². The number of aryl methyl sites for hydroxylation is 1. The van der Waals surface area contributed by atoms with Gasteiger partial charge < -0.3 is 15.8 Å². The highest BCUT2D eigenvalue weighted by molar-refractivity contribution is 7.17. The van der Waals surface area contributed by atoms with Gasteiger partial charge in [0.25, 0.3) is 11.8 Å². The van der Waals surface area contributed by atoms with Crippen molar-refractivity contribution in [2.75, 3.05) is 11.9 Å². The summed E-state index contributed by atoms with van der Waals surface area (Å²) >= 11 is 1.49. The van der Waals surface area contributed by atoms with Gasteiger partial charge in [0, 0.05) is 15.8 Å². The summed E-state index contributed by atoms with van der Waals surface area (Å²) in [5.74, 6) is 0.609. The zero-order chi connectivity index (χ0) is 26.1. The molecule has 190 valence electrons. The van der Waals surface area contributed by atoms with Gasteiger partial charge in [0.2, 0.25) is 0 Å². The number of pyridine rings is 1. The zero-order valence-electron chi connectivity index (χ0n) is 21.4. The van der Waals surface area contributed by atoms with Crippen LogP contribution in [0.4, 0.5) is 5.00 Å². The number of fused-ring (bicyclic) bond motifs is 2. The normalized spacial score (nSPS) is 14.8. The Bertz CT molecular complexity index is 1490. The summed E-state index contributed by atoms with van der Waals surface area (Å²) in [6.45, 7) is 6.72.